The maximum atomic E-state index is 4.11. The molecule has 0 saturated heterocycles. The summed E-state index contributed by atoms with van der Waals surface area (Å²) in [6.45, 7) is 0.908. The summed E-state index contributed by atoms with van der Waals surface area (Å²) in [5.74, 6) is 0. The third-order valence-corrected chi connectivity index (χ3v) is 3.08. The molecule has 1 aromatic rings. The van der Waals surface area contributed by atoms with Crippen LogP contribution in [-0.4, -0.2) is 61.5 Å². The van der Waals surface area contributed by atoms with Gasteiger partial charge in [-0.25, -0.2) is 0 Å². The lowest BCUT2D eigenvalue weighted by Crippen LogP contribution is -2.62. The molecule has 1 rings (SSSR count). The van der Waals surface area contributed by atoms with Crippen molar-refractivity contribution in [1.82, 2.24) is 15.0 Å². The van der Waals surface area contributed by atoms with Crippen molar-refractivity contribution in [2.24, 2.45) is 0 Å². The van der Waals surface area contributed by atoms with Crippen molar-refractivity contribution in [3.8, 4) is 0 Å². The molecule has 0 N–H and O–H groups in total. The number of hydrogen-bond acceptors (Lipinski definition) is 3. The molecule has 1 radical (unpaired) electrons. The van der Waals surface area contributed by atoms with Crippen molar-refractivity contribution < 1.29 is 4.70 Å². The third kappa shape index (κ3) is 3.01. The summed E-state index contributed by atoms with van der Waals surface area (Å²) in [4.78, 5) is 4.11. The summed E-state index contributed by atoms with van der Waals surface area (Å²) in [5, 5.41) is 4.35. The Kier molecular flexibility index (Phi) is 4.41. The molecule has 0 saturated carbocycles. The molecule has 89 valence electrons. The van der Waals surface area contributed by atoms with Crippen molar-refractivity contribution in [3.05, 3.63) is 36.5 Å². The van der Waals surface area contributed by atoms with Crippen LogP contribution in [0.4, 0.5) is 0 Å². The number of quaternary nitrogens is 1. The maximum absolute atomic E-state index is 4.11. The standard InChI is InChI=1S/C12H22N4/c1-14(2)16(5,15(3)4)10-8-12-7-6-9-13-11-12/h6-9,11H,10H2,1-5H3/q+1. The first kappa shape index (κ1) is 13.1. The van der Waals surface area contributed by atoms with Crippen LogP contribution in [0.2, 0.25) is 0 Å². The Morgan fingerprint density at radius 2 is 1.88 bits per heavy atom. The van der Waals surface area contributed by atoms with E-state index in [2.05, 4.69) is 62.7 Å². The highest BCUT2D eigenvalue weighted by Gasteiger charge is 2.28. The summed E-state index contributed by atoms with van der Waals surface area (Å²) in [6, 6.07) is 4.03. The van der Waals surface area contributed by atoms with Gasteiger partial charge >= 0.3 is 0 Å². The van der Waals surface area contributed by atoms with E-state index in [0.29, 0.717) is 0 Å². The molecule has 0 atom stereocenters. The second kappa shape index (κ2) is 5.39. The molecular weight excluding hydrogens is 200 g/mol. The smallest absolute Gasteiger partial charge is 0.123 e. The summed E-state index contributed by atoms with van der Waals surface area (Å²) >= 11 is 0. The van der Waals surface area contributed by atoms with Gasteiger partial charge in [0.1, 0.15) is 13.6 Å². The monoisotopic (exact) mass is 222 g/mol. The molecule has 0 fully saturated rings. The van der Waals surface area contributed by atoms with Gasteiger partial charge in [-0.15, -0.1) is 10.0 Å². The zero-order chi connectivity index (χ0) is 12.2. The summed E-state index contributed by atoms with van der Waals surface area (Å²) in [7, 11) is 10.5. The van der Waals surface area contributed by atoms with Gasteiger partial charge in [0.2, 0.25) is 0 Å². The molecule has 0 aliphatic heterocycles. The molecule has 0 aromatic carbocycles. The van der Waals surface area contributed by atoms with Gasteiger partial charge in [0, 0.05) is 40.6 Å². The van der Waals surface area contributed by atoms with Crippen LogP contribution in [0.25, 0.3) is 0 Å². The van der Waals surface area contributed by atoms with E-state index in [-0.39, 0.29) is 0 Å². The van der Waals surface area contributed by atoms with E-state index in [0.717, 1.165) is 16.8 Å². The molecule has 0 amide bonds. The number of nitrogens with zero attached hydrogens (tertiary/aromatic N) is 4. The average Bonchev–Trinajstić information content (AvgIpc) is 2.26. The van der Waals surface area contributed by atoms with Gasteiger partial charge in [-0.1, -0.05) is 6.07 Å². The fraction of sp³-hybridized carbons (Fsp3) is 0.500. The fourth-order valence-corrected chi connectivity index (χ4v) is 1.46. The van der Waals surface area contributed by atoms with E-state index in [9.17, 15) is 0 Å². The van der Waals surface area contributed by atoms with Crippen LogP contribution in [0.15, 0.2) is 24.5 Å². The lowest BCUT2D eigenvalue weighted by Gasteiger charge is -2.42. The number of pyridine rings is 1. The van der Waals surface area contributed by atoms with Gasteiger partial charge in [-0.3, -0.25) is 4.98 Å². The fourth-order valence-electron chi connectivity index (χ4n) is 1.46. The molecule has 0 aliphatic rings. The third-order valence-electron chi connectivity index (χ3n) is 3.08. The van der Waals surface area contributed by atoms with Gasteiger partial charge in [0.15, 0.2) is 0 Å². The maximum Gasteiger partial charge on any atom is 0.123 e. The van der Waals surface area contributed by atoms with E-state index >= 15 is 0 Å². The lowest BCUT2D eigenvalue weighted by molar-refractivity contribution is -1.10. The van der Waals surface area contributed by atoms with Gasteiger partial charge in [-0.05, 0) is 11.6 Å². The van der Waals surface area contributed by atoms with Crippen molar-refractivity contribution in [3.63, 3.8) is 0 Å². The minimum atomic E-state index is 0.731. The van der Waals surface area contributed by atoms with Crippen LogP contribution < -0.4 is 0 Å². The first-order valence-corrected chi connectivity index (χ1v) is 5.41. The molecule has 1 aromatic heterocycles. The molecule has 0 bridgehead atoms. The Bertz CT molecular complexity index is 300. The summed E-state index contributed by atoms with van der Waals surface area (Å²) in [5.41, 5.74) is 1.16. The Balaban J connectivity index is 2.65. The first-order chi connectivity index (χ1) is 7.47. The van der Waals surface area contributed by atoms with Crippen LogP contribution in [-0.2, 0) is 0 Å². The van der Waals surface area contributed by atoms with Crippen LogP contribution in [0.5, 0.6) is 0 Å². The molecule has 1 heterocycles. The van der Waals surface area contributed by atoms with Crippen LogP contribution in [0, 0.1) is 6.42 Å². The van der Waals surface area contributed by atoms with Gasteiger partial charge < -0.3 is 0 Å². The molecular formula is C12H22N4+. The van der Waals surface area contributed by atoms with E-state index in [1.54, 1.807) is 6.20 Å². The SMILES string of the molecule is CN(C)[N+](C)(C[CH]c1cccnc1)N(C)C. The average molecular weight is 222 g/mol. The quantitative estimate of drug-likeness (QED) is 0.548. The van der Waals surface area contributed by atoms with E-state index in [1.807, 2.05) is 12.3 Å². The first-order valence-electron chi connectivity index (χ1n) is 5.41. The van der Waals surface area contributed by atoms with Crippen LogP contribution >= 0.6 is 0 Å². The zero-order valence-corrected chi connectivity index (χ0v) is 10.9. The van der Waals surface area contributed by atoms with Crippen LogP contribution in [0.3, 0.4) is 0 Å². The van der Waals surface area contributed by atoms with Crippen molar-refractivity contribution >= 4 is 0 Å². The van der Waals surface area contributed by atoms with Gasteiger partial charge in [0.05, 0.1) is 6.42 Å². The molecule has 16 heavy (non-hydrogen) atoms. The van der Waals surface area contributed by atoms with Gasteiger partial charge in [-0.2, -0.15) is 4.70 Å². The molecule has 4 nitrogen and oxygen atoms in total. The Morgan fingerprint density at radius 3 is 2.31 bits per heavy atom. The largest absolute Gasteiger partial charge is 0.264 e. The van der Waals surface area contributed by atoms with E-state index in [4.69, 9.17) is 0 Å². The minimum Gasteiger partial charge on any atom is -0.264 e. The Hall–Kier alpha value is -0.970. The topological polar surface area (TPSA) is 19.4 Å². The van der Waals surface area contributed by atoms with Crippen molar-refractivity contribution in [2.45, 2.75) is 0 Å². The van der Waals surface area contributed by atoms with Crippen molar-refractivity contribution in [2.75, 3.05) is 41.8 Å². The second-order valence-corrected chi connectivity index (χ2v) is 4.46. The minimum absolute atomic E-state index is 0.731. The lowest BCUT2D eigenvalue weighted by atomic mass is 10.2. The Morgan fingerprint density at radius 1 is 1.25 bits per heavy atom. The molecule has 0 aliphatic carbocycles. The van der Waals surface area contributed by atoms with E-state index < -0.39 is 0 Å². The molecule has 4 heteroatoms. The van der Waals surface area contributed by atoms with Gasteiger partial charge in [0.25, 0.3) is 0 Å². The second-order valence-electron chi connectivity index (χ2n) is 4.46. The predicted octanol–water partition coefficient (Wildman–Crippen LogP) is 1.03. The Labute approximate surface area is 98.6 Å². The predicted molar refractivity (Wildman–Crippen MR) is 66.1 cm³/mol. The number of rotatable bonds is 5. The molecule has 0 unspecified atom stereocenters. The highest BCUT2D eigenvalue weighted by atomic mass is 15.9. The zero-order valence-electron chi connectivity index (χ0n) is 10.9. The number of likely N-dealkylation sites (N-methyl/N-ethyl adjacent to an activating group) is 1. The summed E-state index contributed by atoms with van der Waals surface area (Å²) < 4.78 is 0.731. The number of hydrogen-bond donors (Lipinski definition) is 0. The van der Waals surface area contributed by atoms with E-state index in [1.165, 1.54) is 0 Å². The normalized spacial score (nSPS) is 12.4. The summed E-state index contributed by atoms with van der Waals surface area (Å²) in [6.07, 6.45) is 5.88. The molecule has 0 spiro atoms. The van der Waals surface area contributed by atoms with Crippen molar-refractivity contribution in [1.29, 1.82) is 0 Å². The number of aromatic nitrogens is 1. The highest BCUT2D eigenvalue weighted by Crippen LogP contribution is 2.11. The van der Waals surface area contributed by atoms with Crippen LogP contribution in [0.1, 0.15) is 5.56 Å². The highest BCUT2D eigenvalue weighted by molar-refractivity contribution is 5.17.